The van der Waals surface area contributed by atoms with E-state index in [1.165, 1.54) is 19.2 Å². The molecule has 0 saturated carbocycles. The van der Waals surface area contributed by atoms with Crippen molar-refractivity contribution in [2.45, 2.75) is 0 Å². The van der Waals surface area contributed by atoms with Gasteiger partial charge in [-0.2, -0.15) is 0 Å². The molecule has 0 aliphatic rings. The van der Waals surface area contributed by atoms with E-state index in [2.05, 4.69) is 15.9 Å². The molecule has 104 valence electrons. The molecule has 0 aliphatic carbocycles. The van der Waals surface area contributed by atoms with Gasteiger partial charge >= 0.3 is 0 Å². The molecule has 0 amide bonds. The summed E-state index contributed by atoms with van der Waals surface area (Å²) in [5.41, 5.74) is 0.783. The van der Waals surface area contributed by atoms with Crippen molar-refractivity contribution in [2.75, 3.05) is 7.11 Å². The summed E-state index contributed by atoms with van der Waals surface area (Å²) in [4.78, 5) is 10.7. The number of hydrogen-bond acceptors (Lipinski definition) is 3. The Balaban J connectivity index is 2.77. The second kappa shape index (κ2) is 5.99. The summed E-state index contributed by atoms with van der Waals surface area (Å²) in [5.74, 6) is 0.509. The van der Waals surface area contributed by atoms with E-state index in [1.807, 2.05) is 0 Å². The van der Waals surface area contributed by atoms with E-state index in [0.29, 0.717) is 16.9 Å². The molecule has 2 rings (SSSR count). The molecule has 2 aromatic rings. The fraction of sp³-hybridized carbons (Fsp3) is 0.0769. The first-order valence-corrected chi connectivity index (χ1v) is 6.96. The molecule has 4 nitrogen and oxygen atoms in total. The first-order valence-electron chi connectivity index (χ1n) is 5.41. The Morgan fingerprint density at radius 3 is 2.40 bits per heavy atom. The topological polar surface area (TPSA) is 52.4 Å². The fourth-order valence-corrected chi connectivity index (χ4v) is 2.48. The van der Waals surface area contributed by atoms with Gasteiger partial charge in [0.25, 0.3) is 5.69 Å². The Bertz CT molecular complexity index is 692. The van der Waals surface area contributed by atoms with Crippen molar-refractivity contribution in [3.8, 4) is 16.9 Å². The van der Waals surface area contributed by atoms with E-state index in [4.69, 9.17) is 27.9 Å². The summed E-state index contributed by atoms with van der Waals surface area (Å²) >= 11 is 15.1. The maximum atomic E-state index is 11.2. The average molecular weight is 377 g/mol. The Morgan fingerprint density at radius 2 is 1.80 bits per heavy atom. The highest BCUT2D eigenvalue weighted by molar-refractivity contribution is 9.10. The van der Waals surface area contributed by atoms with Crippen molar-refractivity contribution < 1.29 is 9.66 Å². The number of benzene rings is 2. The molecule has 0 atom stereocenters. The molecule has 7 heteroatoms. The summed E-state index contributed by atoms with van der Waals surface area (Å²) in [5, 5.41) is 11.6. The Hall–Kier alpha value is -1.30. The molecule has 0 spiro atoms. The number of halogens is 3. The van der Waals surface area contributed by atoms with Gasteiger partial charge in [-0.3, -0.25) is 10.1 Å². The van der Waals surface area contributed by atoms with Crippen LogP contribution in [-0.2, 0) is 0 Å². The third-order valence-corrected chi connectivity index (χ3v) is 3.90. The monoisotopic (exact) mass is 375 g/mol. The number of nitro benzene ring substituents is 1. The highest BCUT2D eigenvalue weighted by Gasteiger charge is 2.21. The fourth-order valence-electron chi connectivity index (χ4n) is 1.79. The normalized spacial score (nSPS) is 10.4. The maximum absolute atomic E-state index is 11.2. The van der Waals surface area contributed by atoms with Gasteiger partial charge in [-0.1, -0.05) is 39.1 Å². The van der Waals surface area contributed by atoms with Crippen molar-refractivity contribution in [2.24, 2.45) is 0 Å². The second-order valence-electron chi connectivity index (χ2n) is 3.89. The van der Waals surface area contributed by atoms with Gasteiger partial charge in [-0.25, -0.2) is 0 Å². The second-order valence-corrected chi connectivity index (χ2v) is 5.62. The van der Waals surface area contributed by atoms with E-state index in [0.717, 1.165) is 4.47 Å². The smallest absolute Gasteiger partial charge is 0.278 e. The van der Waals surface area contributed by atoms with Crippen LogP contribution in [0.15, 0.2) is 34.8 Å². The number of hydrogen-bond donors (Lipinski definition) is 0. The number of methoxy groups -OCH3 is 1. The number of ether oxygens (including phenoxy) is 1. The summed E-state index contributed by atoms with van der Waals surface area (Å²) < 4.78 is 6.01. The van der Waals surface area contributed by atoms with Gasteiger partial charge < -0.3 is 4.74 Å². The van der Waals surface area contributed by atoms with Crippen LogP contribution in [-0.4, -0.2) is 12.0 Å². The third kappa shape index (κ3) is 2.90. The van der Waals surface area contributed by atoms with Crippen molar-refractivity contribution in [3.05, 3.63) is 55.0 Å². The van der Waals surface area contributed by atoms with Crippen LogP contribution >= 0.6 is 39.1 Å². The van der Waals surface area contributed by atoms with Crippen LogP contribution in [0.1, 0.15) is 0 Å². The molecule has 0 aliphatic heterocycles. The van der Waals surface area contributed by atoms with Crippen LogP contribution in [0.25, 0.3) is 11.1 Å². The van der Waals surface area contributed by atoms with Crippen LogP contribution in [0.4, 0.5) is 5.69 Å². The van der Waals surface area contributed by atoms with Crippen LogP contribution in [0.3, 0.4) is 0 Å². The molecule has 0 heterocycles. The summed E-state index contributed by atoms with van der Waals surface area (Å²) in [6, 6.07) is 7.93. The van der Waals surface area contributed by atoms with Crippen LogP contribution in [0.5, 0.6) is 5.75 Å². The van der Waals surface area contributed by atoms with Gasteiger partial charge in [0.05, 0.1) is 27.6 Å². The predicted molar refractivity (Wildman–Crippen MR) is 82.8 cm³/mol. The molecule has 0 saturated heterocycles. The van der Waals surface area contributed by atoms with Crippen LogP contribution < -0.4 is 4.74 Å². The minimum Gasteiger partial charge on any atom is -0.496 e. The minimum atomic E-state index is -0.502. The molecule has 0 N–H and O–H groups in total. The zero-order chi connectivity index (χ0) is 14.9. The highest BCUT2D eigenvalue weighted by atomic mass is 79.9. The van der Waals surface area contributed by atoms with Gasteiger partial charge in [-0.05, 0) is 24.3 Å². The van der Waals surface area contributed by atoms with Crippen LogP contribution in [0.2, 0.25) is 10.0 Å². The largest absolute Gasteiger partial charge is 0.496 e. The van der Waals surface area contributed by atoms with E-state index < -0.39 is 4.92 Å². The number of nitrogens with zero attached hydrogens (tertiary/aromatic N) is 1. The Labute approximate surface area is 133 Å². The predicted octanol–water partition coefficient (Wildman–Crippen LogP) is 5.34. The highest BCUT2D eigenvalue weighted by Crippen LogP contribution is 2.41. The average Bonchev–Trinajstić information content (AvgIpc) is 2.41. The lowest BCUT2D eigenvalue weighted by atomic mass is 10.0. The molecule has 0 unspecified atom stereocenters. The van der Waals surface area contributed by atoms with Crippen molar-refractivity contribution in [3.63, 3.8) is 0 Å². The lowest BCUT2D eigenvalue weighted by Crippen LogP contribution is -1.95. The number of rotatable bonds is 3. The zero-order valence-corrected chi connectivity index (χ0v) is 13.3. The summed E-state index contributed by atoms with van der Waals surface area (Å²) in [6.07, 6.45) is 0. The van der Waals surface area contributed by atoms with E-state index in [1.54, 1.807) is 18.2 Å². The molecule has 2 aromatic carbocycles. The Morgan fingerprint density at radius 1 is 1.15 bits per heavy atom. The Kier molecular flexibility index (Phi) is 4.52. The third-order valence-electron chi connectivity index (χ3n) is 2.69. The quantitative estimate of drug-likeness (QED) is 0.536. The van der Waals surface area contributed by atoms with Gasteiger partial charge in [0, 0.05) is 16.1 Å². The van der Waals surface area contributed by atoms with Gasteiger partial charge in [0.1, 0.15) is 5.75 Å². The van der Waals surface area contributed by atoms with Gasteiger partial charge in [0.15, 0.2) is 0 Å². The number of nitro groups is 1. The maximum Gasteiger partial charge on any atom is 0.278 e. The summed E-state index contributed by atoms with van der Waals surface area (Å²) in [6.45, 7) is 0. The van der Waals surface area contributed by atoms with Crippen molar-refractivity contribution >= 4 is 44.8 Å². The first-order chi connectivity index (χ1) is 9.43. The molecule has 0 fully saturated rings. The van der Waals surface area contributed by atoms with Crippen LogP contribution in [0, 0.1) is 10.1 Å². The molecular weight excluding hydrogens is 369 g/mol. The lowest BCUT2D eigenvalue weighted by molar-refractivity contribution is -0.384. The first kappa shape index (κ1) is 15.1. The van der Waals surface area contributed by atoms with E-state index in [-0.39, 0.29) is 15.7 Å². The molecule has 20 heavy (non-hydrogen) atoms. The van der Waals surface area contributed by atoms with E-state index >= 15 is 0 Å². The lowest BCUT2D eigenvalue weighted by Gasteiger charge is -2.10. The molecule has 0 aromatic heterocycles. The summed E-state index contributed by atoms with van der Waals surface area (Å²) in [7, 11) is 1.50. The standard InChI is InChI=1S/C13H8BrCl2NO3/c1-20-13-3-2-7(14)4-9(13)8-5-10(15)11(16)6-12(8)17(18)19/h2-6H,1H3. The minimum absolute atomic E-state index is 0.129. The molecular formula is C13H8BrCl2NO3. The van der Waals surface area contributed by atoms with Crippen molar-refractivity contribution in [1.82, 2.24) is 0 Å². The van der Waals surface area contributed by atoms with E-state index in [9.17, 15) is 10.1 Å². The van der Waals surface area contributed by atoms with Gasteiger partial charge in [-0.15, -0.1) is 0 Å². The molecule has 0 bridgehead atoms. The van der Waals surface area contributed by atoms with Crippen molar-refractivity contribution in [1.29, 1.82) is 0 Å². The van der Waals surface area contributed by atoms with Gasteiger partial charge in [0.2, 0.25) is 0 Å². The zero-order valence-electron chi connectivity index (χ0n) is 10.2. The SMILES string of the molecule is COc1ccc(Br)cc1-c1cc(Cl)c(Cl)cc1[N+](=O)[O-]. The molecule has 0 radical (unpaired) electrons.